The van der Waals surface area contributed by atoms with Gasteiger partial charge in [-0.25, -0.2) is 4.68 Å². The topological polar surface area (TPSA) is 76.5 Å². The summed E-state index contributed by atoms with van der Waals surface area (Å²) in [6, 6.07) is 16.3. The van der Waals surface area contributed by atoms with E-state index in [-0.39, 0.29) is 24.8 Å². The van der Waals surface area contributed by atoms with Gasteiger partial charge in [0.1, 0.15) is 11.6 Å². The number of rotatable bonds is 5. The maximum Gasteiger partial charge on any atom is 0.267 e. The molecule has 0 spiro atoms. The van der Waals surface area contributed by atoms with E-state index < -0.39 is 6.10 Å². The molecule has 1 aliphatic rings. The first kappa shape index (κ1) is 20.0. The normalized spacial score (nSPS) is 15.5. The molecule has 2 aromatic carbocycles. The Hall–Kier alpha value is -3.32. The van der Waals surface area contributed by atoms with Crippen LogP contribution in [0, 0.1) is 6.92 Å². The summed E-state index contributed by atoms with van der Waals surface area (Å²) in [5, 5.41) is 7.91. The number of amides is 2. The summed E-state index contributed by atoms with van der Waals surface area (Å²) in [6.07, 6.45) is -0.457. The number of carbonyl (C=O) groups is 2. The van der Waals surface area contributed by atoms with Crippen molar-refractivity contribution in [3.63, 3.8) is 0 Å². The van der Waals surface area contributed by atoms with E-state index in [9.17, 15) is 9.59 Å². The first-order valence-corrected chi connectivity index (χ1v) is 9.99. The van der Waals surface area contributed by atoms with Crippen LogP contribution in [0.1, 0.15) is 19.0 Å². The lowest BCUT2D eigenvalue weighted by atomic mass is 10.1. The summed E-state index contributed by atoms with van der Waals surface area (Å²) in [6.45, 7) is 3.80. The Labute approximate surface area is 179 Å². The van der Waals surface area contributed by atoms with E-state index in [0.717, 1.165) is 11.4 Å². The maximum absolute atomic E-state index is 12.7. The molecule has 0 bridgehead atoms. The average Bonchev–Trinajstić information content (AvgIpc) is 3.08. The molecule has 1 N–H and O–H groups in total. The van der Waals surface area contributed by atoms with E-state index in [0.29, 0.717) is 22.3 Å². The predicted octanol–water partition coefficient (Wildman–Crippen LogP) is 3.98. The zero-order valence-corrected chi connectivity index (χ0v) is 17.4. The molecule has 1 aromatic heterocycles. The van der Waals surface area contributed by atoms with Gasteiger partial charge in [-0.3, -0.25) is 9.59 Å². The number of aryl methyl sites for hydroxylation is 1. The van der Waals surface area contributed by atoms with Crippen LogP contribution < -0.4 is 15.0 Å². The van der Waals surface area contributed by atoms with Gasteiger partial charge in [-0.2, -0.15) is 5.10 Å². The highest BCUT2D eigenvalue weighted by Gasteiger charge is 2.31. The van der Waals surface area contributed by atoms with E-state index in [1.807, 2.05) is 43.3 Å². The lowest BCUT2D eigenvalue weighted by Gasteiger charge is -2.32. The third-order valence-electron chi connectivity index (χ3n) is 4.79. The van der Waals surface area contributed by atoms with Crippen LogP contribution in [0.4, 0.5) is 11.5 Å². The number of benzene rings is 2. The number of anilines is 2. The number of para-hydroxylation sites is 2. The Morgan fingerprint density at radius 2 is 2.00 bits per heavy atom. The monoisotopic (exact) mass is 424 g/mol. The minimum Gasteiger partial charge on any atom is -0.479 e. The zero-order valence-electron chi connectivity index (χ0n) is 16.6. The Bertz CT molecular complexity index is 1110. The van der Waals surface area contributed by atoms with Gasteiger partial charge >= 0.3 is 0 Å². The highest BCUT2D eigenvalue weighted by Crippen LogP contribution is 2.33. The minimum absolute atomic E-state index is 0.132. The Morgan fingerprint density at radius 3 is 2.80 bits per heavy atom. The Balaban J connectivity index is 1.48. The van der Waals surface area contributed by atoms with Gasteiger partial charge < -0.3 is 15.0 Å². The Morgan fingerprint density at radius 1 is 1.20 bits per heavy atom. The number of nitrogens with one attached hydrogen (secondary N) is 1. The third-order valence-corrected chi connectivity index (χ3v) is 5.02. The van der Waals surface area contributed by atoms with Gasteiger partial charge in [0.05, 0.1) is 17.1 Å². The van der Waals surface area contributed by atoms with Crippen molar-refractivity contribution in [1.29, 1.82) is 0 Å². The molecular weight excluding hydrogens is 404 g/mol. The van der Waals surface area contributed by atoms with E-state index in [1.54, 1.807) is 34.7 Å². The molecule has 2 amide bonds. The van der Waals surface area contributed by atoms with Gasteiger partial charge in [-0.1, -0.05) is 29.8 Å². The van der Waals surface area contributed by atoms with Gasteiger partial charge in [0, 0.05) is 24.1 Å². The molecule has 1 atom stereocenters. The molecular formula is C22H21ClN4O3. The molecule has 7 nitrogen and oxygen atoms in total. The molecule has 0 aliphatic carbocycles. The summed E-state index contributed by atoms with van der Waals surface area (Å²) >= 11 is 6.09. The molecule has 0 radical (unpaired) electrons. The first-order chi connectivity index (χ1) is 14.4. The molecule has 0 saturated heterocycles. The molecule has 1 unspecified atom stereocenters. The fourth-order valence-corrected chi connectivity index (χ4v) is 3.59. The largest absolute Gasteiger partial charge is 0.479 e. The van der Waals surface area contributed by atoms with Crippen molar-refractivity contribution < 1.29 is 14.3 Å². The van der Waals surface area contributed by atoms with Crippen LogP contribution >= 0.6 is 11.6 Å². The summed E-state index contributed by atoms with van der Waals surface area (Å²) in [4.78, 5) is 26.8. The lowest BCUT2D eigenvalue weighted by molar-refractivity contribution is -0.125. The number of hydrogen-bond acceptors (Lipinski definition) is 4. The van der Waals surface area contributed by atoms with E-state index >= 15 is 0 Å². The van der Waals surface area contributed by atoms with E-state index in [2.05, 4.69) is 10.4 Å². The van der Waals surface area contributed by atoms with Crippen LogP contribution in [0.15, 0.2) is 54.6 Å². The summed E-state index contributed by atoms with van der Waals surface area (Å²) < 4.78 is 7.28. The van der Waals surface area contributed by atoms with Gasteiger partial charge in [-0.15, -0.1) is 0 Å². The molecule has 2 heterocycles. The van der Waals surface area contributed by atoms with Crippen molar-refractivity contribution in [2.75, 3.05) is 16.8 Å². The number of halogens is 1. The van der Waals surface area contributed by atoms with E-state index in [1.165, 1.54) is 0 Å². The van der Waals surface area contributed by atoms with Gasteiger partial charge in [0.25, 0.3) is 5.91 Å². The fraction of sp³-hybridized carbons (Fsp3) is 0.227. The number of aromatic nitrogens is 2. The van der Waals surface area contributed by atoms with Crippen LogP contribution in [-0.2, 0) is 9.59 Å². The summed E-state index contributed by atoms with van der Waals surface area (Å²) in [5.74, 6) is 0.797. The second-order valence-corrected chi connectivity index (χ2v) is 7.51. The quantitative estimate of drug-likeness (QED) is 0.672. The number of nitrogens with zero attached hydrogens (tertiary/aromatic N) is 3. The van der Waals surface area contributed by atoms with Crippen LogP contribution in [0.25, 0.3) is 5.69 Å². The van der Waals surface area contributed by atoms with Crippen molar-refractivity contribution in [3.05, 3.63) is 65.3 Å². The molecule has 154 valence electrons. The summed E-state index contributed by atoms with van der Waals surface area (Å²) in [5.41, 5.74) is 2.18. The number of ether oxygens (including phenoxy) is 1. The van der Waals surface area contributed by atoms with Crippen LogP contribution in [0.2, 0.25) is 5.02 Å². The standard InChI is InChI=1S/C22H21ClN4O3/c1-14-12-20(27(25-14)17-7-5-6-16(23)13-17)24-21(28)10-11-26-18-8-3-4-9-19(18)30-15(2)22(26)29/h3-9,12-13,15H,10-11H2,1-2H3,(H,24,28). The fourth-order valence-electron chi connectivity index (χ4n) is 3.40. The number of fused-ring (bicyclic) bond motifs is 1. The second kappa shape index (κ2) is 8.20. The highest BCUT2D eigenvalue weighted by molar-refractivity contribution is 6.30. The maximum atomic E-state index is 12.7. The molecule has 1 aliphatic heterocycles. The zero-order chi connectivity index (χ0) is 21.3. The van der Waals surface area contributed by atoms with Gasteiger partial charge in [-0.05, 0) is 44.2 Å². The SMILES string of the molecule is Cc1cc(NC(=O)CCN2C(=O)C(C)Oc3ccccc32)n(-c2cccc(Cl)c2)n1. The molecule has 0 fully saturated rings. The molecule has 8 heteroatoms. The van der Waals surface area contributed by atoms with Crippen molar-refractivity contribution in [1.82, 2.24) is 9.78 Å². The molecule has 4 rings (SSSR count). The smallest absolute Gasteiger partial charge is 0.267 e. The lowest BCUT2D eigenvalue weighted by Crippen LogP contribution is -2.45. The minimum atomic E-state index is -0.588. The molecule has 30 heavy (non-hydrogen) atoms. The Kier molecular flexibility index (Phi) is 5.46. The van der Waals surface area contributed by atoms with Crippen molar-refractivity contribution >= 4 is 34.9 Å². The van der Waals surface area contributed by atoms with Crippen molar-refractivity contribution in [2.24, 2.45) is 0 Å². The molecule has 0 saturated carbocycles. The number of carbonyl (C=O) groups excluding carboxylic acids is 2. The van der Waals surface area contributed by atoms with Gasteiger partial charge in [0.2, 0.25) is 5.91 Å². The molecule has 3 aromatic rings. The second-order valence-electron chi connectivity index (χ2n) is 7.08. The number of hydrogen-bond donors (Lipinski definition) is 1. The predicted molar refractivity (Wildman–Crippen MR) is 115 cm³/mol. The average molecular weight is 425 g/mol. The third kappa shape index (κ3) is 4.02. The highest BCUT2D eigenvalue weighted by atomic mass is 35.5. The van der Waals surface area contributed by atoms with Crippen LogP contribution in [0.5, 0.6) is 5.75 Å². The first-order valence-electron chi connectivity index (χ1n) is 9.62. The van der Waals surface area contributed by atoms with Gasteiger partial charge in [0.15, 0.2) is 6.10 Å². The summed E-state index contributed by atoms with van der Waals surface area (Å²) in [7, 11) is 0. The van der Waals surface area contributed by atoms with E-state index in [4.69, 9.17) is 16.3 Å². The van der Waals surface area contributed by atoms with Crippen molar-refractivity contribution in [2.45, 2.75) is 26.4 Å². The van der Waals surface area contributed by atoms with Crippen molar-refractivity contribution in [3.8, 4) is 11.4 Å². The van der Waals surface area contributed by atoms with Crippen LogP contribution in [0.3, 0.4) is 0 Å². The van der Waals surface area contributed by atoms with Crippen LogP contribution in [-0.4, -0.2) is 34.2 Å².